The van der Waals surface area contributed by atoms with Gasteiger partial charge in [-0.1, -0.05) is 35.9 Å². The number of anilines is 1. The van der Waals surface area contributed by atoms with Crippen molar-refractivity contribution < 1.29 is 19.1 Å². The summed E-state index contributed by atoms with van der Waals surface area (Å²) < 4.78 is 5.32. The number of benzene rings is 2. The Morgan fingerprint density at radius 2 is 1.66 bits per heavy atom. The molecule has 29 heavy (non-hydrogen) atoms. The highest BCUT2D eigenvalue weighted by Gasteiger charge is 2.59. The summed E-state index contributed by atoms with van der Waals surface area (Å²) in [7, 11) is 0. The van der Waals surface area contributed by atoms with Crippen LogP contribution in [0.25, 0.3) is 0 Å². The maximum Gasteiger partial charge on any atom is 0.338 e. The quantitative estimate of drug-likeness (QED) is 0.436. The van der Waals surface area contributed by atoms with Crippen LogP contribution in [0, 0.1) is 23.7 Å². The molecule has 1 heterocycles. The number of nitrogens with zero attached hydrogens (tertiary/aromatic N) is 1. The minimum atomic E-state index is -0.477. The van der Waals surface area contributed by atoms with E-state index in [-0.39, 0.29) is 42.1 Å². The summed E-state index contributed by atoms with van der Waals surface area (Å²) in [4.78, 5) is 39.3. The van der Waals surface area contributed by atoms with Gasteiger partial charge in [0.1, 0.15) is 6.61 Å². The van der Waals surface area contributed by atoms with Gasteiger partial charge >= 0.3 is 5.97 Å². The molecule has 0 N–H and O–H groups in total. The number of hydrogen-bond acceptors (Lipinski definition) is 4. The maximum atomic E-state index is 12.9. The molecule has 2 aromatic carbocycles. The molecule has 6 heteroatoms. The van der Waals surface area contributed by atoms with E-state index < -0.39 is 5.97 Å². The number of ether oxygens (including phenoxy) is 1. The molecule has 3 aliphatic rings. The highest BCUT2D eigenvalue weighted by molar-refractivity contribution is 6.30. The lowest BCUT2D eigenvalue weighted by Crippen LogP contribution is -2.32. The largest absolute Gasteiger partial charge is 0.457 e. The van der Waals surface area contributed by atoms with Gasteiger partial charge in [-0.05, 0) is 60.2 Å². The second-order valence-corrected chi connectivity index (χ2v) is 8.20. The second-order valence-electron chi connectivity index (χ2n) is 7.76. The molecule has 5 rings (SSSR count). The second kappa shape index (κ2) is 6.85. The molecule has 0 unspecified atom stereocenters. The van der Waals surface area contributed by atoms with Crippen LogP contribution in [0.1, 0.15) is 22.3 Å². The fourth-order valence-electron chi connectivity index (χ4n) is 4.76. The molecule has 146 valence electrons. The molecule has 2 bridgehead atoms. The minimum absolute atomic E-state index is 0.114. The van der Waals surface area contributed by atoms with Gasteiger partial charge in [-0.2, -0.15) is 0 Å². The number of hydrogen-bond donors (Lipinski definition) is 0. The zero-order chi connectivity index (χ0) is 20.1. The van der Waals surface area contributed by atoms with Crippen LogP contribution in [-0.2, 0) is 20.9 Å². The van der Waals surface area contributed by atoms with Crippen LogP contribution in [0.15, 0.2) is 60.7 Å². The van der Waals surface area contributed by atoms with E-state index in [1.165, 1.54) is 4.90 Å². The number of carbonyl (C=O) groups is 3. The minimum Gasteiger partial charge on any atom is -0.457 e. The van der Waals surface area contributed by atoms with Crippen molar-refractivity contribution in [2.75, 3.05) is 4.90 Å². The van der Waals surface area contributed by atoms with Gasteiger partial charge in [0, 0.05) is 5.02 Å². The van der Waals surface area contributed by atoms with E-state index in [9.17, 15) is 14.4 Å². The van der Waals surface area contributed by atoms with E-state index >= 15 is 0 Å². The van der Waals surface area contributed by atoms with Gasteiger partial charge in [-0.15, -0.1) is 0 Å². The summed E-state index contributed by atoms with van der Waals surface area (Å²) in [6.07, 6.45) is 5.04. The van der Waals surface area contributed by atoms with Crippen LogP contribution in [0.4, 0.5) is 5.69 Å². The third-order valence-corrected chi connectivity index (χ3v) is 6.33. The molecule has 4 atom stereocenters. The predicted molar refractivity (Wildman–Crippen MR) is 107 cm³/mol. The molecule has 1 aliphatic heterocycles. The number of allylic oxidation sites excluding steroid dienone is 2. The lowest BCUT2D eigenvalue weighted by atomic mass is 9.85. The zero-order valence-corrected chi connectivity index (χ0v) is 16.2. The van der Waals surface area contributed by atoms with Crippen molar-refractivity contribution in [1.29, 1.82) is 0 Å². The number of carbonyl (C=O) groups excluding carboxylic acids is 3. The Kier molecular flexibility index (Phi) is 4.28. The summed E-state index contributed by atoms with van der Waals surface area (Å²) in [5.41, 5.74) is 1.66. The molecule has 2 fully saturated rings. The Balaban J connectivity index is 1.29. The van der Waals surface area contributed by atoms with Gasteiger partial charge in [0.15, 0.2) is 0 Å². The first-order valence-corrected chi connectivity index (χ1v) is 9.98. The average Bonchev–Trinajstić information content (AvgIpc) is 3.40. The van der Waals surface area contributed by atoms with Crippen molar-refractivity contribution in [2.45, 2.75) is 13.0 Å². The molecule has 2 aromatic rings. The Hall–Kier alpha value is -2.92. The first kappa shape index (κ1) is 18.1. The van der Waals surface area contributed by atoms with Crippen LogP contribution in [0.2, 0.25) is 5.02 Å². The summed E-state index contributed by atoms with van der Waals surface area (Å²) in [5.74, 6) is -0.866. The number of fused-ring (bicyclic) bond motifs is 5. The van der Waals surface area contributed by atoms with E-state index in [1.54, 1.807) is 42.5 Å². The Bertz CT molecular complexity index is 1020. The summed E-state index contributed by atoms with van der Waals surface area (Å²) in [5, 5.41) is 0.580. The molecule has 0 aromatic heterocycles. The van der Waals surface area contributed by atoms with Gasteiger partial charge in [0.25, 0.3) is 0 Å². The number of esters is 1. The average molecular weight is 408 g/mol. The van der Waals surface area contributed by atoms with Crippen molar-refractivity contribution >= 4 is 35.1 Å². The summed E-state index contributed by atoms with van der Waals surface area (Å²) in [6, 6.07) is 13.5. The highest BCUT2D eigenvalue weighted by atomic mass is 35.5. The molecule has 0 spiro atoms. The number of halogens is 1. The van der Waals surface area contributed by atoms with Crippen LogP contribution >= 0.6 is 11.6 Å². The van der Waals surface area contributed by atoms with Crippen molar-refractivity contribution in [3.8, 4) is 0 Å². The molecule has 1 saturated heterocycles. The van der Waals surface area contributed by atoms with Gasteiger partial charge in [-0.25, -0.2) is 4.79 Å². The number of rotatable bonds is 4. The first-order valence-electron chi connectivity index (χ1n) is 9.61. The van der Waals surface area contributed by atoms with E-state index in [1.807, 2.05) is 6.07 Å². The smallest absolute Gasteiger partial charge is 0.338 e. The van der Waals surface area contributed by atoms with Crippen molar-refractivity contribution in [3.63, 3.8) is 0 Å². The van der Waals surface area contributed by atoms with Gasteiger partial charge in [-0.3, -0.25) is 14.5 Å². The zero-order valence-electron chi connectivity index (χ0n) is 15.5. The summed E-state index contributed by atoms with van der Waals surface area (Å²) >= 11 is 5.93. The van der Waals surface area contributed by atoms with Gasteiger partial charge in [0.05, 0.1) is 23.1 Å². The van der Waals surface area contributed by atoms with E-state index in [0.29, 0.717) is 16.3 Å². The molecular formula is C23H18ClNO4. The topological polar surface area (TPSA) is 63.7 Å². The van der Waals surface area contributed by atoms with Crippen LogP contribution in [0.3, 0.4) is 0 Å². The normalized spacial score (nSPS) is 26.9. The first-order chi connectivity index (χ1) is 14.0. The van der Waals surface area contributed by atoms with Gasteiger partial charge < -0.3 is 4.74 Å². The number of amides is 2. The maximum absolute atomic E-state index is 12.9. The van der Waals surface area contributed by atoms with Crippen molar-refractivity contribution in [2.24, 2.45) is 23.7 Å². The molecule has 0 radical (unpaired) electrons. The van der Waals surface area contributed by atoms with Gasteiger partial charge in [0.2, 0.25) is 11.8 Å². The Morgan fingerprint density at radius 1 is 1.00 bits per heavy atom. The number of imide groups is 1. The fourth-order valence-corrected chi connectivity index (χ4v) is 4.98. The van der Waals surface area contributed by atoms with Crippen LogP contribution in [0.5, 0.6) is 0 Å². The monoisotopic (exact) mass is 407 g/mol. The standard InChI is InChI=1S/C23H18ClNO4/c24-17-3-1-2-13(10-17)12-29-23(28)14-6-8-18(9-7-14)25-21(26)19-15-4-5-16(11-15)20(19)22(25)27/h1-10,15-16,19-20H,11-12H2/t15-,16+,19-,20-/m0/s1. The van der Waals surface area contributed by atoms with E-state index in [0.717, 1.165) is 12.0 Å². The molecular weight excluding hydrogens is 390 g/mol. The van der Waals surface area contributed by atoms with E-state index in [2.05, 4.69) is 12.2 Å². The predicted octanol–water partition coefficient (Wildman–Crippen LogP) is 4.01. The highest BCUT2D eigenvalue weighted by Crippen LogP contribution is 2.53. The Labute approximate surface area is 172 Å². The molecule has 1 saturated carbocycles. The Morgan fingerprint density at radius 3 is 2.28 bits per heavy atom. The SMILES string of the molecule is O=C(OCc1cccc(Cl)c1)c1ccc(N2C(=O)[C@@H]3[C@@H](C2=O)[C@H]2C=C[C@@H]3C2)cc1. The van der Waals surface area contributed by atoms with Crippen LogP contribution in [-0.4, -0.2) is 17.8 Å². The van der Waals surface area contributed by atoms with Crippen molar-refractivity contribution in [3.05, 3.63) is 76.8 Å². The molecule has 2 aliphatic carbocycles. The third-order valence-electron chi connectivity index (χ3n) is 6.09. The molecule has 5 nitrogen and oxygen atoms in total. The molecule has 2 amide bonds. The fraction of sp³-hybridized carbons (Fsp3) is 0.261. The lowest BCUT2D eigenvalue weighted by molar-refractivity contribution is -0.123. The van der Waals surface area contributed by atoms with Crippen LogP contribution < -0.4 is 4.90 Å². The van der Waals surface area contributed by atoms with Crippen molar-refractivity contribution in [1.82, 2.24) is 0 Å². The lowest BCUT2D eigenvalue weighted by Gasteiger charge is -2.17. The third kappa shape index (κ3) is 2.97. The summed E-state index contributed by atoms with van der Waals surface area (Å²) in [6.45, 7) is 0.114. The van der Waals surface area contributed by atoms with E-state index in [4.69, 9.17) is 16.3 Å².